The predicted octanol–water partition coefficient (Wildman–Crippen LogP) is 5.16. The third-order valence-electron chi connectivity index (χ3n) is 4.02. The highest BCUT2D eigenvalue weighted by Gasteiger charge is 2.51. The summed E-state index contributed by atoms with van der Waals surface area (Å²) in [7, 11) is 0. The standard InChI is InChI=1S/C19H20O2S/c1-13-9-11-14(12-10-13)19(18(2,3)4)21-17(20)15-7-5-6-8-16(15)22-19/h5-12H,1-4H3. The molecule has 1 aliphatic rings. The van der Waals surface area contributed by atoms with Crippen LogP contribution in [0.3, 0.4) is 0 Å². The molecule has 2 aromatic rings. The van der Waals surface area contributed by atoms with Crippen molar-refractivity contribution in [1.29, 1.82) is 0 Å². The van der Waals surface area contributed by atoms with Crippen LogP contribution in [0.5, 0.6) is 0 Å². The summed E-state index contributed by atoms with van der Waals surface area (Å²) in [5.41, 5.74) is 2.63. The molecule has 1 heterocycles. The van der Waals surface area contributed by atoms with Crippen molar-refractivity contribution < 1.29 is 9.53 Å². The highest BCUT2D eigenvalue weighted by atomic mass is 32.2. The molecule has 0 spiro atoms. The van der Waals surface area contributed by atoms with Gasteiger partial charge in [-0.1, -0.05) is 74.5 Å². The minimum atomic E-state index is -0.716. The van der Waals surface area contributed by atoms with E-state index >= 15 is 0 Å². The number of rotatable bonds is 1. The molecule has 22 heavy (non-hydrogen) atoms. The summed E-state index contributed by atoms with van der Waals surface area (Å²) in [6.07, 6.45) is 0. The van der Waals surface area contributed by atoms with Crippen molar-refractivity contribution in [3.63, 3.8) is 0 Å². The third kappa shape index (κ3) is 2.34. The van der Waals surface area contributed by atoms with Gasteiger partial charge < -0.3 is 4.74 Å². The van der Waals surface area contributed by atoms with E-state index in [2.05, 4.69) is 52.0 Å². The van der Waals surface area contributed by atoms with Crippen LogP contribution >= 0.6 is 11.8 Å². The lowest BCUT2D eigenvalue weighted by atomic mass is 9.83. The molecular formula is C19H20O2S. The van der Waals surface area contributed by atoms with Gasteiger partial charge in [0.25, 0.3) is 0 Å². The first-order valence-electron chi connectivity index (χ1n) is 7.42. The molecule has 0 amide bonds. The van der Waals surface area contributed by atoms with Crippen LogP contribution < -0.4 is 0 Å². The Kier molecular flexibility index (Phi) is 3.56. The van der Waals surface area contributed by atoms with E-state index in [9.17, 15) is 4.79 Å². The number of benzene rings is 2. The van der Waals surface area contributed by atoms with Crippen LogP contribution in [0.2, 0.25) is 0 Å². The minimum Gasteiger partial charge on any atom is -0.439 e. The molecule has 0 aliphatic carbocycles. The molecular weight excluding hydrogens is 292 g/mol. The normalized spacial score (nSPS) is 21.2. The summed E-state index contributed by atoms with van der Waals surface area (Å²) in [6.45, 7) is 8.39. The summed E-state index contributed by atoms with van der Waals surface area (Å²) >= 11 is 1.63. The number of carbonyl (C=O) groups is 1. The molecule has 0 radical (unpaired) electrons. The number of fused-ring (bicyclic) bond motifs is 1. The summed E-state index contributed by atoms with van der Waals surface area (Å²) < 4.78 is 6.01. The van der Waals surface area contributed by atoms with E-state index in [4.69, 9.17) is 4.74 Å². The van der Waals surface area contributed by atoms with Gasteiger partial charge in [0.15, 0.2) is 4.93 Å². The number of carbonyl (C=O) groups excluding carboxylic acids is 1. The number of thioether (sulfide) groups is 1. The first-order valence-corrected chi connectivity index (χ1v) is 8.24. The number of aryl methyl sites for hydroxylation is 1. The van der Waals surface area contributed by atoms with E-state index in [1.807, 2.05) is 24.3 Å². The molecule has 1 atom stereocenters. The largest absolute Gasteiger partial charge is 0.439 e. The van der Waals surface area contributed by atoms with E-state index in [0.717, 1.165) is 10.5 Å². The molecule has 0 saturated carbocycles. The molecule has 0 bridgehead atoms. The van der Waals surface area contributed by atoms with Gasteiger partial charge in [-0.15, -0.1) is 0 Å². The molecule has 0 aromatic heterocycles. The van der Waals surface area contributed by atoms with E-state index < -0.39 is 4.93 Å². The van der Waals surface area contributed by atoms with Gasteiger partial charge in [-0.2, -0.15) is 0 Å². The fourth-order valence-corrected chi connectivity index (χ4v) is 4.11. The highest BCUT2D eigenvalue weighted by Crippen LogP contribution is 2.57. The molecule has 3 rings (SSSR count). The van der Waals surface area contributed by atoms with Crippen LogP contribution in [0, 0.1) is 12.3 Å². The van der Waals surface area contributed by atoms with Crippen molar-refractivity contribution in [1.82, 2.24) is 0 Å². The number of esters is 1. The zero-order chi connectivity index (χ0) is 16.0. The van der Waals surface area contributed by atoms with Crippen LogP contribution in [0.15, 0.2) is 53.4 Å². The number of hydrogen-bond acceptors (Lipinski definition) is 3. The number of ether oxygens (including phenoxy) is 1. The topological polar surface area (TPSA) is 26.3 Å². The van der Waals surface area contributed by atoms with Crippen LogP contribution in [0.1, 0.15) is 42.3 Å². The number of cyclic esters (lactones) is 1. The molecule has 2 aromatic carbocycles. The fourth-order valence-electron chi connectivity index (χ4n) is 2.72. The Morgan fingerprint density at radius 2 is 1.64 bits per heavy atom. The molecule has 1 aliphatic heterocycles. The Balaban J connectivity index is 2.18. The van der Waals surface area contributed by atoms with Crippen LogP contribution in [-0.2, 0) is 9.67 Å². The van der Waals surface area contributed by atoms with Gasteiger partial charge in [-0.3, -0.25) is 0 Å². The van der Waals surface area contributed by atoms with Crippen molar-refractivity contribution in [2.45, 2.75) is 37.5 Å². The summed E-state index contributed by atoms with van der Waals surface area (Å²) in [6, 6.07) is 15.9. The molecule has 0 fully saturated rings. The third-order valence-corrected chi connectivity index (χ3v) is 5.81. The van der Waals surface area contributed by atoms with E-state index in [-0.39, 0.29) is 11.4 Å². The lowest BCUT2D eigenvalue weighted by Crippen LogP contribution is -2.43. The lowest BCUT2D eigenvalue weighted by Gasteiger charge is -2.46. The Morgan fingerprint density at radius 1 is 1.00 bits per heavy atom. The molecule has 1 unspecified atom stereocenters. The maximum Gasteiger partial charge on any atom is 0.341 e. The molecule has 0 N–H and O–H groups in total. The first kappa shape index (κ1) is 15.2. The van der Waals surface area contributed by atoms with Crippen molar-refractivity contribution in [2.24, 2.45) is 5.41 Å². The zero-order valence-corrected chi connectivity index (χ0v) is 14.2. The quantitative estimate of drug-likeness (QED) is 0.681. The van der Waals surface area contributed by atoms with Crippen molar-refractivity contribution in [3.05, 3.63) is 65.2 Å². The van der Waals surface area contributed by atoms with Gasteiger partial charge in [-0.05, 0) is 19.1 Å². The fraction of sp³-hybridized carbons (Fsp3) is 0.316. The molecule has 114 valence electrons. The Bertz CT molecular complexity index is 713. The van der Waals surface area contributed by atoms with Crippen molar-refractivity contribution in [3.8, 4) is 0 Å². The molecule has 0 saturated heterocycles. The summed E-state index contributed by atoms with van der Waals surface area (Å²) in [4.78, 5) is 12.8. The second kappa shape index (κ2) is 5.17. The number of hydrogen-bond donors (Lipinski definition) is 0. The predicted molar refractivity (Wildman–Crippen MR) is 90.0 cm³/mol. The zero-order valence-electron chi connectivity index (χ0n) is 13.3. The SMILES string of the molecule is Cc1ccc(C2(C(C)(C)C)OC(=O)c3ccccc3S2)cc1. The first-order chi connectivity index (χ1) is 10.3. The molecule has 3 heteroatoms. The molecule has 2 nitrogen and oxygen atoms in total. The second-order valence-corrected chi connectivity index (χ2v) is 7.94. The maximum atomic E-state index is 12.6. The van der Waals surface area contributed by atoms with Gasteiger partial charge in [0.2, 0.25) is 0 Å². The summed E-state index contributed by atoms with van der Waals surface area (Å²) in [5.74, 6) is -0.246. The Hall–Kier alpha value is -1.74. The second-order valence-electron chi connectivity index (χ2n) is 6.72. The average molecular weight is 312 g/mol. The van der Waals surface area contributed by atoms with Gasteiger partial charge in [0.1, 0.15) is 0 Å². The maximum absolute atomic E-state index is 12.6. The average Bonchev–Trinajstić information content (AvgIpc) is 2.46. The van der Waals surface area contributed by atoms with E-state index in [1.54, 1.807) is 11.8 Å². The van der Waals surface area contributed by atoms with Crippen molar-refractivity contribution in [2.75, 3.05) is 0 Å². The summed E-state index contributed by atoms with van der Waals surface area (Å²) in [5, 5.41) is 0. The van der Waals surface area contributed by atoms with Crippen LogP contribution in [0.25, 0.3) is 0 Å². The van der Waals surface area contributed by atoms with E-state index in [1.165, 1.54) is 5.56 Å². The van der Waals surface area contributed by atoms with Gasteiger partial charge in [-0.25, -0.2) is 4.79 Å². The van der Waals surface area contributed by atoms with Gasteiger partial charge >= 0.3 is 5.97 Å². The smallest absolute Gasteiger partial charge is 0.341 e. The monoisotopic (exact) mass is 312 g/mol. The van der Waals surface area contributed by atoms with Crippen LogP contribution in [0.4, 0.5) is 0 Å². The van der Waals surface area contributed by atoms with E-state index in [0.29, 0.717) is 5.56 Å². The lowest BCUT2D eigenvalue weighted by molar-refractivity contribution is -0.0273. The van der Waals surface area contributed by atoms with Crippen molar-refractivity contribution >= 4 is 17.7 Å². The highest BCUT2D eigenvalue weighted by molar-refractivity contribution is 8.00. The van der Waals surface area contributed by atoms with Gasteiger partial charge in [0.05, 0.1) is 5.56 Å². The Labute approximate surface area is 135 Å². The van der Waals surface area contributed by atoms with Gasteiger partial charge in [0, 0.05) is 15.9 Å². The Morgan fingerprint density at radius 3 is 2.27 bits per heavy atom. The van der Waals surface area contributed by atoms with Crippen LogP contribution in [-0.4, -0.2) is 5.97 Å². The minimum absolute atomic E-state index is 0.240.